The van der Waals surface area contributed by atoms with Gasteiger partial charge in [0.05, 0.1) is 6.04 Å². The second kappa shape index (κ2) is 7.87. The first-order valence-corrected chi connectivity index (χ1v) is 5.42. The van der Waals surface area contributed by atoms with Crippen LogP contribution < -0.4 is 11.1 Å². The molecular formula is C11H20N2O3. The van der Waals surface area contributed by atoms with E-state index in [0.717, 1.165) is 12.8 Å². The van der Waals surface area contributed by atoms with E-state index in [9.17, 15) is 9.59 Å². The van der Waals surface area contributed by atoms with E-state index in [4.69, 9.17) is 10.8 Å². The van der Waals surface area contributed by atoms with Crippen molar-refractivity contribution in [1.82, 2.24) is 5.32 Å². The van der Waals surface area contributed by atoms with Crippen LogP contribution in [0.4, 0.5) is 0 Å². The highest BCUT2D eigenvalue weighted by molar-refractivity contribution is 5.86. The molecule has 4 N–H and O–H groups in total. The zero-order valence-electron chi connectivity index (χ0n) is 9.61. The molecule has 0 aromatic heterocycles. The number of carbonyl (C=O) groups is 2. The van der Waals surface area contributed by atoms with Gasteiger partial charge in [0, 0.05) is 0 Å². The molecule has 0 rings (SSSR count). The van der Waals surface area contributed by atoms with Gasteiger partial charge in [-0.05, 0) is 12.8 Å². The van der Waals surface area contributed by atoms with Crippen LogP contribution in [0.15, 0.2) is 12.7 Å². The molecule has 0 aromatic rings. The minimum Gasteiger partial charge on any atom is -0.480 e. The molecule has 0 aliphatic heterocycles. The minimum absolute atomic E-state index is 0.339. The van der Waals surface area contributed by atoms with Crippen molar-refractivity contribution in [3.8, 4) is 0 Å². The average molecular weight is 228 g/mol. The van der Waals surface area contributed by atoms with Crippen LogP contribution in [0.2, 0.25) is 0 Å². The molecule has 16 heavy (non-hydrogen) atoms. The maximum atomic E-state index is 11.5. The van der Waals surface area contributed by atoms with Crippen LogP contribution in [0.1, 0.15) is 32.6 Å². The van der Waals surface area contributed by atoms with Gasteiger partial charge in [0.1, 0.15) is 6.04 Å². The van der Waals surface area contributed by atoms with E-state index in [-0.39, 0.29) is 0 Å². The molecule has 5 nitrogen and oxygen atoms in total. The van der Waals surface area contributed by atoms with Gasteiger partial charge in [0.25, 0.3) is 0 Å². The van der Waals surface area contributed by atoms with E-state index >= 15 is 0 Å². The number of rotatable bonds is 8. The van der Waals surface area contributed by atoms with Gasteiger partial charge in [0.2, 0.25) is 5.91 Å². The van der Waals surface area contributed by atoms with Gasteiger partial charge in [-0.2, -0.15) is 0 Å². The average Bonchev–Trinajstić information content (AvgIpc) is 2.23. The smallest absolute Gasteiger partial charge is 0.326 e. The van der Waals surface area contributed by atoms with Crippen LogP contribution >= 0.6 is 0 Å². The topological polar surface area (TPSA) is 92.4 Å². The van der Waals surface area contributed by atoms with Gasteiger partial charge in [-0.25, -0.2) is 4.79 Å². The summed E-state index contributed by atoms with van der Waals surface area (Å²) in [7, 11) is 0. The summed E-state index contributed by atoms with van der Waals surface area (Å²) in [6.07, 6.45) is 3.95. The molecule has 0 aliphatic rings. The van der Waals surface area contributed by atoms with Crippen molar-refractivity contribution in [3.63, 3.8) is 0 Å². The monoisotopic (exact) mass is 228 g/mol. The summed E-state index contributed by atoms with van der Waals surface area (Å²) in [5, 5.41) is 11.3. The lowest BCUT2D eigenvalue weighted by Gasteiger charge is -2.16. The van der Waals surface area contributed by atoms with Gasteiger partial charge in [-0.1, -0.05) is 25.8 Å². The second-order valence-electron chi connectivity index (χ2n) is 3.67. The maximum Gasteiger partial charge on any atom is 0.326 e. The Hall–Kier alpha value is -1.36. The zero-order chi connectivity index (χ0) is 12.6. The van der Waals surface area contributed by atoms with Crippen LogP contribution in [0.3, 0.4) is 0 Å². The van der Waals surface area contributed by atoms with Crippen LogP contribution in [0.25, 0.3) is 0 Å². The summed E-state index contributed by atoms with van der Waals surface area (Å²) in [5.41, 5.74) is 5.53. The molecule has 0 spiro atoms. The minimum atomic E-state index is -1.02. The molecular weight excluding hydrogens is 208 g/mol. The van der Waals surface area contributed by atoms with Crippen molar-refractivity contribution in [2.45, 2.75) is 44.7 Å². The summed E-state index contributed by atoms with van der Waals surface area (Å²) in [4.78, 5) is 22.3. The fraction of sp³-hybridized carbons (Fsp3) is 0.636. The number of amides is 1. The number of hydrogen-bond donors (Lipinski definition) is 3. The van der Waals surface area contributed by atoms with Crippen LogP contribution in [-0.2, 0) is 9.59 Å². The van der Waals surface area contributed by atoms with E-state index in [0.29, 0.717) is 12.8 Å². The molecule has 2 atom stereocenters. The van der Waals surface area contributed by atoms with Gasteiger partial charge in [0.15, 0.2) is 0 Å². The molecule has 0 saturated carbocycles. The first-order chi connectivity index (χ1) is 7.52. The highest BCUT2D eigenvalue weighted by Crippen LogP contribution is 2.01. The van der Waals surface area contributed by atoms with Gasteiger partial charge in [-0.3, -0.25) is 4.79 Å². The molecule has 1 unspecified atom stereocenters. The van der Waals surface area contributed by atoms with Crippen LogP contribution in [-0.4, -0.2) is 29.1 Å². The van der Waals surface area contributed by atoms with Crippen molar-refractivity contribution >= 4 is 11.9 Å². The van der Waals surface area contributed by atoms with Crippen molar-refractivity contribution < 1.29 is 14.7 Å². The fourth-order valence-electron chi connectivity index (χ4n) is 1.23. The lowest BCUT2D eigenvalue weighted by molar-refractivity contribution is -0.142. The third-order valence-electron chi connectivity index (χ3n) is 2.22. The summed E-state index contributed by atoms with van der Waals surface area (Å²) in [6.45, 7) is 5.43. The molecule has 0 aliphatic carbocycles. The normalized spacial score (nSPS) is 13.9. The summed E-state index contributed by atoms with van der Waals surface area (Å²) in [5.74, 6) is -1.46. The van der Waals surface area contributed by atoms with E-state index in [2.05, 4.69) is 11.9 Å². The third kappa shape index (κ3) is 5.50. The molecule has 0 radical (unpaired) electrons. The summed E-state index contributed by atoms with van der Waals surface area (Å²) in [6, 6.07) is -1.57. The third-order valence-corrected chi connectivity index (χ3v) is 2.22. The van der Waals surface area contributed by atoms with E-state index in [1.165, 1.54) is 6.08 Å². The Bertz CT molecular complexity index is 254. The van der Waals surface area contributed by atoms with Crippen LogP contribution in [0.5, 0.6) is 0 Å². The fourth-order valence-corrected chi connectivity index (χ4v) is 1.23. The quantitative estimate of drug-likeness (QED) is 0.532. The predicted molar refractivity (Wildman–Crippen MR) is 61.9 cm³/mol. The molecule has 0 fully saturated rings. The Labute approximate surface area is 95.7 Å². The summed E-state index contributed by atoms with van der Waals surface area (Å²) < 4.78 is 0. The van der Waals surface area contributed by atoms with Crippen molar-refractivity contribution in [3.05, 3.63) is 12.7 Å². The first kappa shape index (κ1) is 14.6. The van der Waals surface area contributed by atoms with E-state index in [1.807, 2.05) is 6.92 Å². The molecule has 5 heteroatoms. The van der Waals surface area contributed by atoms with Gasteiger partial charge >= 0.3 is 5.97 Å². The Morgan fingerprint density at radius 1 is 1.56 bits per heavy atom. The van der Waals surface area contributed by atoms with Gasteiger partial charge < -0.3 is 16.2 Å². The predicted octanol–water partition coefficient (Wildman–Crippen LogP) is 0.649. The Morgan fingerprint density at radius 2 is 2.19 bits per heavy atom. The Balaban J connectivity index is 4.22. The number of aliphatic carboxylic acids is 1. The Kier molecular flexibility index (Phi) is 7.20. The first-order valence-electron chi connectivity index (χ1n) is 5.42. The van der Waals surface area contributed by atoms with Crippen molar-refractivity contribution in [2.24, 2.45) is 5.73 Å². The number of hydrogen-bond acceptors (Lipinski definition) is 3. The largest absolute Gasteiger partial charge is 0.480 e. The molecule has 1 amide bonds. The number of unbranched alkanes of at least 4 members (excludes halogenated alkanes) is 1. The molecule has 0 bridgehead atoms. The number of carboxylic acid groups (broad SMARTS) is 1. The van der Waals surface area contributed by atoms with Gasteiger partial charge in [-0.15, -0.1) is 6.58 Å². The standard InChI is InChI=1S/C11H20N2O3/c1-3-5-7-9(11(15)16)13-10(14)8(12)6-4-2/h4,8-9H,2-3,5-7,12H2,1H3,(H,13,14)(H,15,16)/t8?,9-/m0/s1. The highest BCUT2D eigenvalue weighted by Gasteiger charge is 2.21. The number of nitrogens with two attached hydrogens (primary N) is 1. The number of nitrogens with one attached hydrogen (secondary N) is 1. The lowest BCUT2D eigenvalue weighted by Crippen LogP contribution is -2.48. The zero-order valence-corrected chi connectivity index (χ0v) is 9.61. The van der Waals surface area contributed by atoms with Crippen molar-refractivity contribution in [2.75, 3.05) is 0 Å². The molecule has 0 aromatic carbocycles. The maximum absolute atomic E-state index is 11.5. The second-order valence-corrected chi connectivity index (χ2v) is 3.67. The van der Waals surface area contributed by atoms with E-state index in [1.54, 1.807) is 0 Å². The Morgan fingerprint density at radius 3 is 2.62 bits per heavy atom. The lowest BCUT2D eigenvalue weighted by atomic mass is 10.1. The molecule has 0 saturated heterocycles. The molecule has 92 valence electrons. The SMILES string of the molecule is C=CCC(N)C(=O)N[C@@H](CCCC)C(=O)O. The van der Waals surface area contributed by atoms with Crippen molar-refractivity contribution in [1.29, 1.82) is 0 Å². The molecule has 0 heterocycles. The number of carboxylic acids is 1. The van der Waals surface area contributed by atoms with Crippen LogP contribution in [0, 0.1) is 0 Å². The summed E-state index contributed by atoms with van der Waals surface area (Å²) >= 11 is 0. The van der Waals surface area contributed by atoms with E-state index < -0.39 is 24.0 Å². The number of carbonyl (C=O) groups excluding carboxylic acids is 1. The highest BCUT2D eigenvalue weighted by atomic mass is 16.4.